The van der Waals surface area contributed by atoms with E-state index in [1.807, 2.05) is 29.9 Å². The summed E-state index contributed by atoms with van der Waals surface area (Å²) in [6, 6.07) is 6.79. The van der Waals surface area contributed by atoms with Crippen molar-refractivity contribution in [1.29, 1.82) is 0 Å². The van der Waals surface area contributed by atoms with Gasteiger partial charge < -0.3 is 14.8 Å². The molecule has 0 fully saturated rings. The molecule has 0 saturated carbocycles. The van der Waals surface area contributed by atoms with Crippen molar-refractivity contribution in [3.05, 3.63) is 63.9 Å². The summed E-state index contributed by atoms with van der Waals surface area (Å²) in [5.41, 5.74) is 3.23. The Kier molecular flexibility index (Phi) is 6.91. The number of aromatic nitrogens is 2. The standard InChI is InChI=1S/C21H20ClN3O4S/c1-13-10-15(14(2)25(13)21-23-8-9-30-21)4-7-20(27)29-12-19(26)24-17-11-16(22)5-6-18(17)28-3/h4-11H,12H2,1-3H3,(H,24,26)/b7-4+. The normalized spacial score (nSPS) is 10.9. The molecule has 0 aliphatic heterocycles. The first-order valence-corrected chi connectivity index (χ1v) is 10.2. The number of carbonyl (C=O) groups is 2. The number of rotatable bonds is 7. The average molecular weight is 446 g/mol. The molecule has 0 bridgehead atoms. The van der Waals surface area contributed by atoms with Crippen LogP contribution in [-0.2, 0) is 14.3 Å². The van der Waals surface area contributed by atoms with Crippen molar-refractivity contribution in [2.24, 2.45) is 0 Å². The summed E-state index contributed by atoms with van der Waals surface area (Å²) in [5, 5.41) is 5.82. The van der Waals surface area contributed by atoms with E-state index in [4.69, 9.17) is 21.1 Å². The number of anilines is 1. The Labute approximate surface area is 182 Å². The highest BCUT2D eigenvalue weighted by atomic mass is 35.5. The van der Waals surface area contributed by atoms with Crippen molar-refractivity contribution in [2.45, 2.75) is 13.8 Å². The molecular formula is C21H20ClN3O4S. The Morgan fingerprint density at radius 3 is 2.80 bits per heavy atom. The number of esters is 1. The van der Waals surface area contributed by atoms with Gasteiger partial charge in [0.15, 0.2) is 11.7 Å². The van der Waals surface area contributed by atoms with Gasteiger partial charge in [0.1, 0.15) is 5.75 Å². The second-order valence-electron chi connectivity index (χ2n) is 6.31. The van der Waals surface area contributed by atoms with Crippen LogP contribution in [0.3, 0.4) is 0 Å². The van der Waals surface area contributed by atoms with Crippen LogP contribution in [0.5, 0.6) is 5.75 Å². The molecule has 0 aliphatic carbocycles. The maximum Gasteiger partial charge on any atom is 0.331 e. The summed E-state index contributed by atoms with van der Waals surface area (Å²) in [5.74, 6) is -0.670. The zero-order valence-corrected chi connectivity index (χ0v) is 18.2. The molecule has 1 N–H and O–H groups in total. The van der Waals surface area contributed by atoms with Crippen LogP contribution in [0.2, 0.25) is 5.02 Å². The van der Waals surface area contributed by atoms with E-state index in [-0.39, 0.29) is 0 Å². The van der Waals surface area contributed by atoms with Gasteiger partial charge in [0, 0.05) is 34.1 Å². The van der Waals surface area contributed by atoms with Gasteiger partial charge in [0.05, 0.1) is 12.8 Å². The molecule has 3 aromatic rings. The van der Waals surface area contributed by atoms with E-state index >= 15 is 0 Å². The Morgan fingerprint density at radius 2 is 2.10 bits per heavy atom. The molecule has 9 heteroatoms. The van der Waals surface area contributed by atoms with Crippen LogP contribution in [0.4, 0.5) is 5.69 Å². The number of amides is 1. The van der Waals surface area contributed by atoms with Gasteiger partial charge >= 0.3 is 5.97 Å². The third kappa shape index (κ3) is 5.08. The quantitative estimate of drug-likeness (QED) is 0.430. The molecule has 0 radical (unpaired) electrons. The topological polar surface area (TPSA) is 82.5 Å². The first-order valence-electron chi connectivity index (χ1n) is 8.96. The molecule has 2 heterocycles. The molecule has 30 heavy (non-hydrogen) atoms. The molecule has 0 atom stereocenters. The maximum absolute atomic E-state index is 12.1. The lowest BCUT2D eigenvalue weighted by Crippen LogP contribution is -2.20. The van der Waals surface area contributed by atoms with Crippen molar-refractivity contribution in [3.8, 4) is 10.9 Å². The third-order valence-electron chi connectivity index (χ3n) is 4.26. The number of aryl methyl sites for hydroxylation is 1. The van der Waals surface area contributed by atoms with Crippen molar-refractivity contribution in [2.75, 3.05) is 19.0 Å². The minimum atomic E-state index is -0.623. The van der Waals surface area contributed by atoms with Crippen LogP contribution in [0.25, 0.3) is 11.2 Å². The van der Waals surface area contributed by atoms with Gasteiger partial charge in [-0.05, 0) is 49.8 Å². The van der Waals surface area contributed by atoms with E-state index in [1.54, 1.807) is 30.5 Å². The summed E-state index contributed by atoms with van der Waals surface area (Å²) in [7, 11) is 1.48. The molecule has 1 amide bonds. The van der Waals surface area contributed by atoms with E-state index in [0.29, 0.717) is 16.5 Å². The van der Waals surface area contributed by atoms with Gasteiger partial charge in [-0.3, -0.25) is 9.36 Å². The lowest BCUT2D eigenvalue weighted by atomic mass is 10.2. The SMILES string of the molecule is COc1ccc(Cl)cc1NC(=O)COC(=O)/C=C/c1cc(C)n(-c2nccs2)c1C. The second kappa shape index (κ2) is 9.60. The molecule has 0 saturated heterocycles. The molecule has 3 rings (SSSR count). The summed E-state index contributed by atoms with van der Waals surface area (Å²) in [6.45, 7) is 3.49. The zero-order chi connectivity index (χ0) is 21.7. The van der Waals surface area contributed by atoms with Gasteiger partial charge in [-0.1, -0.05) is 11.6 Å². The number of benzene rings is 1. The Morgan fingerprint density at radius 1 is 1.30 bits per heavy atom. The molecule has 156 valence electrons. The molecule has 0 spiro atoms. The lowest BCUT2D eigenvalue weighted by molar-refractivity contribution is -0.142. The van der Waals surface area contributed by atoms with Gasteiger partial charge in [-0.15, -0.1) is 11.3 Å². The minimum absolute atomic E-state index is 0.399. The largest absolute Gasteiger partial charge is 0.495 e. The fraction of sp³-hybridized carbons (Fsp3) is 0.190. The summed E-state index contributed by atoms with van der Waals surface area (Å²) in [4.78, 5) is 28.4. The lowest BCUT2D eigenvalue weighted by Gasteiger charge is -2.10. The predicted octanol–water partition coefficient (Wildman–Crippen LogP) is 4.41. The van der Waals surface area contributed by atoms with Crippen molar-refractivity contribution >= 4 is 46.6 Å². The van der Waals surface area contributed by atoms with Crippen LogP contribution < -0.4 is 10.1 Å². The number of nitrogens with zero attached hydrogens (tertiary/aromatic N) is 2. The van der Waals surface area contributed by atoms with Crippen molar-refractivity contribution < 1.29 is 19.1 Å². The minimum Gasteiger partial charge on any atom is -0.495 e. The number of methoxy groups -OCH3 is 1. The van der Waals surface area contributed by atoms with Crippen LogP contribution in [0.1, 0.15) is 17.0 Å². The number of thiazole rings is 1. The summed E-state index contributed by atoms with van der Waals surface area (Å²) in [6.07, 6.45) is 4.70. The van der Waals surface area contributed by atoms with E-state index in [1.165, 1.54) is 24.5 Å². The van der Waals surface area contributed by atoms with Gasteiger partial charge in [-0.2, -0.15) is 0 Å². The molecule has 7 nitrogen and oxygen atoms in total. The Bertz CT molecular complexity index is 1090. The highest BCUT2D eigenvalue weighted by molar-refractivity contribution is 7.12. The number of ether oxygens (including phenoxy) is 2. The average Bonchev–Trinajstić information content (AvgIpc) is 3.32. The van der Waals surface area contributed by atoms with E-state index in [0.717, 1.165) is 22.1 Å². The number of hydrogen-bond donors (Lipinski definition) is 1. The predicted molar refractivity (Wildman–Crippen MR) is 118 cm³/mol. The highest BCUT2D eigenvalue weighted by Crippen LogP contribution is 2.27. The molecular weight excluding hydrogens is 426 g/mol. The molecule has 0 aliphatic rings. The molecule has 0 unspecified atom stereocenters. The van der Waals surface area contributed by atoms with Crippen LogP contribution in [0.15, 0.2) is 41.9 Å². The molecule has 1 aromatic carbocycles. The smallest absolute Gasteiger partial charge is 0.331 e. The van der Waals surface area contributed by atoms with Gasteiger partial charge in [0.2, 0.25) is 0 Å². The van der Waals surface area contributed by atoms with Crippen molar-refractivity contribution in [1.82, 2.24) is 9.55 Å². The first-order chi connectivity index (χ1) is 14.4. The third-order valence-corrected chi connectivity index (χ3v) is 5.25. The van der Waals surface area contributed by atoms with Gasteiger partial charge in [0.25, 0.3) is 5.91 Å². The highest BCUT2D eigenvalue weighted by Gasteiger charge is 2.12. The Balaban J connectivity index is 1.59. The van der Waals surface area contributed by atoms with Gasteiger partial charge in [-0.25, -0.2) is 9.78 Å². The fourth-order valence-corrected chi connectivity index (χ4v) is 3.81. The number of halogens is 1. The van der Waals surface area contributed by atoms with Crippen LogP contribution >= 0.6 is 22.9 Å². The summed E-state index contributed by atoms with van der Waals surface area (Å²) >= 11 is 7.47. The van der Waals surface area contributed by atoms with E-state index in [2.05, 4.69) is 10.3 Å². The zero-order valence-electron chi connectivity index (χ0n) is 16.6. The van der Waals surface area contributed by atoms with Crippen LogP contribution in [0, 0.1) is 13.8 Å². The number of nitrogens with one attached hydrogen (secondary N) is 1. The van der Waals surface area contributed by atoms with E-state index in [9.17, 15) is 9.59 Å². The first kappa shape index (κ1) is 21.6. The number of hydrogen-bond acceptors (Lipinski definition) is 6. The van der Waals surface area contributed by atoms with Crippen LogP contribution in [-0.4, -0.2) is 35.1 Å². The monoisotopic (exact) mass is 445 g/mol. The number of carbonyl (C=O) groups excluding carboxylic acids is 2. The van der Waals surface area contributed by atoms with E-state index < -0.39 is 18.5 Å². The van der Waals surface area contributed by atoms with Crippen molar-refractivity contribution in [3.63, 3.8) is 0 Å². The summed E-state index contributed by atoms with van der Waals surface area (Å²) < 4.78 is 12.2. The fourth-order valence-electron chi connectivity index (χ4n) is 2.88. The Hall–Kier alpha value is -3.10. The maximum atomic E-state index is 12.1. The molecule has 2 aromatic heterocycles. The second-order valence-corrected chi connectivity index (χ2v) is 7.62.